The van der Waals surface area contributed by atoms with Crippen molar-refractivity contribution < 1.29 is 13.3 Å². The van der Waals surface area contributed by atoms with Gasteiger partial charge in [0.2, 0.25) is 0 Å². The Labute approximate surface area is 121 Å². The molecule has 0 saturated carbocycles. The lowest BCUT2D eigenvalue weighted by Crippen LogP contribution is -2.15. The number of aromatic nitrogens is 2. The second kappa shape index (κ2) is 5.17. The van der Waals surface area contributed by atoms with Crippen molar-refractivity contribution in [2.45, 2.75) is 25.7 Å². The summed E-state index contributed by atoms with van der Waals surface area (Å²) in [5, 5.41) is 17.1. The Morgan fingerprint density at radius 2 is 1.95 bits per heavy atom. The van der Waals surface area contributed by atoms with E-state index in [1.165, 1.54) is 18.2 Å². The fourth-order valence-corrected chi connectivity index (χ4v) is 3.51. The number of hydrogen-bond donors (Lipinski definition) is 2. The zero-order valence-corrected chi connectivity index (χ0v) is 12.5. The molecular weight excluding hydrogens is 296 g/mol. The number of anilines is 1. The highest BCUT2D eigenvalue weighted by Gasteiger charge is 2.23. The van der Waals surface area contributed by atoms with Crippen LogP contribution in [0, 0.1) is 30.9 Å². The first-order valence-electron chi connectivity index (χ1n) is 6.02. The molecule has 2 N–H and O–H groups in total. The SMILES string of the molecule is Cc1cc([N+](=O)[O-])ccc1NS(=O)(=O)c1c(C)n[nH]c1C. The zero-order chi connectivity index (χ0) is 15.8. The van der Waals surface area contributed by atoms with E-state index in [9.17, 15) is 18.5 Å². The van der Waals surface area contributed by atoms with Crippen LogP contribution in [0.25, 0.3) is 0 Å². The summed E-state index contributed by atoms with van der Waals surface area (Å²) in [6.07, 6.45) is 0. The minimum atomic E-state index is -3.80. The number of nitrogens with one attached hydrogen (secondary N) is 2. The van der Waals surface area contributed by atoms with E-state index in [0.29, 0.717) is 22.6 Å². The van der Waals surface area contributed by atoms with Gasteiger partial charge in [-0.3, -0.25) is 19.9 Å². The number of rotatable bonds is 4. The Morgan fingerprint density at radius 1 is 1.29 bits per heavy atom. The van der Waals surface area contributed by atoms with Gasteiger partial charge in [0.25, 0.3) is 15.7 Å². The molecule has 0 amide bonds. The van der Waals surface area contributed by atoms with E-state index in [-0.39, 0.29) is 10.6 Å². The molecule has 1 aromatic carbocycles. The third-order valence-electron chi connectivity index (χ3n) is 2.99. The Balaban J connectivity index is 2.40. The maximum absolute atomic E-state index is 12.4. The highest BCUT2D eigenvalue weighted by Crippen LogP contribution is 2.25. The summed E-state index contributed by atoms with van der Waals surface area (Å²) < 4.78 is 27.2. The van der Waals surface area contributed by atoms with Gasteiger partial charge in [-0.25, -0.2) is 8.42 Å². The van der Waals surface area contributed by atoms with Gasteiger partial charge in [0.05, 0.1) is 22.0 Å². The maximum atomic E-state index is 12.4. The Morgan fingerprint density at radius 3 is 2.43 bits per heavy atom. The van der Waals surface area contributed by atoms with E-state index in [0.717, 1.165) is 0 Å². The van der Waals surface area contributed by atoms with Crippen molar-refractivity contribution in [3.63, 3.8) is 0 Å². The van der Waals surface area contributed by atoms with Gasteiger partial charge in [0, 0.05) is 12.1 Å². The van der Waals surface area contributed by atoms with E-state index in [4.69, 9.17) is 0 Å². The first kappa shape index (κ1) is 15.0. The topological polar surface area (TPSA) is 118 Å². The second-order valence-electron chi connectivity index (χ2n) is 4.62. The van der Waals surface area contributed by atoms with Crippen LogP contribution >= 0.6 is 0 Å². The average Bonchev–Trinajstić information content (AvgIpc) is 2.71. The lowest BCUT2D eigenvalue weighted by molar-refractivity contribution is -0.384. The van der Waals surface area contributed by atoms with Crippen molar-refractivity contribution in [1.82, 2.24) is 10.2 Å². The summed E-state index contributed by atoms with van der Waals surface area (Å²) in [4.78, 5) is 10.2. The molecular formula is C12H14N4O4S. The molecule has 0 atom stereocenters. The van der Waals surface area contributed by atoms with Gasteiger partial charge >= 0.3 is 0 Å². The summed E-state index contributed by atoms with van der Waals surface area (Å²) in [5.41, 5.74) is 1.46. The Hall–Kier alpha value is -2.42. The number of nitro groups is 1. The van der Waals surface area contributed by atoms with Gasteiger partial charge in [0.1, 0.15) is 4.90 Å². The molecule has 8 nitrogen and oxygen atoms in total. The molecule has 2 rings (SSSR count). The van der Waals surface area contributed by atoms with Gasteiger partial charge in [0.15, 0.2) is 0 Å². The molecule has 2 aromatic rings. The third-order valence-corrected chi connectivity index (χ3v) is 4.62. The number of benzene rings is 1. The fraction of sp³-hybridized carbons (Fsp3) is 0.250. The van der Waals surface area contributed by atoms with Crippen LogP contribution in [0.3, 0.4) is 0 Å². The first-order chi connectivity index (χ1) is 9.72. The van der Waals surface area contributed by atoms with E-state index < -0.39 is 14.9 Å². The molecule has 0 aliphatic rings. The van der Waals surface area contributed by atoms with Crippen LogP contribution < -0.4 is 4.72 Å². The molecule has 0 bridgehead atoms. The maximum Gasteiger partial charge on any atom is 0.269 e. The number of non-ortho nitro benzene ring substituents is 1. The number of nitro benzene ring substituents is 1. The van der Waals surface area contributed by atoms with Crippen LogP contribution in [0.15, 0.2) is 23.1 Å². The minimum Gasteiger partial charge on any atom is -0.281 e. The lowest BCUT2D eigenvalue weighted by Gasteiger charge is -2.10. The number of hydrogen-bond acceptors (Lipinski definition) is 5. The monoisotopic (exact) mass is 310 g/mol. The van der Waals surface area contributed by atoms with E-state index >= 15 is 0 Å². The summed E-state index contributed by atoms with van der Waals surface area (Å²) >= 11 is 0. The van der Waals surface area contributed by atoms with Crippen LogP contribution in [-0.4, -0.2) is 23.5 Å². The fourth-order valence-electron chi connectivity index (χ4n) is 2.01. The largest absolute Gasteiger partial charge is 0.281 e. The van der Waals surface area contributed by atoms with Gasteiger partial charge in [-0.2, -0.15) is 5.10 Å². The van der Waals surface area contributed by atoms with Crippen LogP contribution in [0.2, 0.25) is 0 Å². The molecule has 112 valence electrons. The molecule has 0 aliphatic heterocycles. The molecule has 9 heteroatoms. The predicted octanol–water partition coefficient (Wildman–Crippen LogP) is 2.04. The van der Waals surface area contributed by atoms with Crippen molar-refractivity contribution in [2.75, 3.05) is 4.72 Å². The first-order valence-corrected chi connectivity index (χ1v) is 7.50. The van der Waals surface area contributed by atoms with E-state index in [1.54, 1.807) is 20.8 Å². The molecule has 1 aromatic heterocycles. The summed E-state index contributed by atoms with van der Waals surface area (Å²) in [5.74, 6) is 0. The van der Waals surface area contributed by atoms with Crippen molar-refractivity contribution in [1.29, 1.82) is 0 Å². The number of H-pyrrole nitrogens is 1. The Bertz CT molecular complexity index is 791. The van der Waals surface area contributed by atoms with Crippen LogP contribution in [0.1, 0.15) is 17.0 Å². The molecule has 0 fully saturated rings. The predicted molar refractivity (Wildman–Crippen MR) is 76.7 cm³/mol. The highest BCUT2D eigenvalue weighted by atomic mass is 32.2. The standard InChI is InChI=1S/C12H14N4O4S/c1-7-6-10(16(17)18)4-5-11(7)15-21(19,20)12-8(2)13-14-9(12)3/h4-6,15H,1-3H3,(H,13,14). The lowest BCUT2D eigenvalue weighted by atomic mass is 10.2. The molecule has 1 heterocycles. The Kier molecular flexibility index (Phi) is 3.69. The van der Waals surface area contributed by atoms with Crippen molar-refractivity contribution in [3.8, 4) is 0 Å². The average molecular weight is 310 g/mol. The van der Waals surface area contributed by atoms with Crippen LogP contribution in [0.5, 0.6) is 0 Å². The molecule has 0 unspecified atom stereocenters. The number of aryl methyl sites for hydroxylation is 3. The van der Waals surface area contributed by atoms with Gasteiger partial charge < -0.3 is 0 Å². The van der Waals surface area contributed by atoms with Crippen LogP contribution in [0.4, 0.5) is 11.4 Å². The minimum absolute atomic E-state index is 0.0836. The smallest absolute Gasteiger partial charge is 0.269 e. The summed E-state index contributed by atoms with van der Waals surface area (Å²) in [6, 6.07) is 3.93. The highest BCUT2D eigenvalue weighted by molar-refractivity contribution is 7.92. The van der Waals surface area contributed by atoms with Crippen molar-refractivity contribution >= 4 is 21.4 Å². The normalized spacial score (nSPS) is 11.4. The van der Waals surface area contributed by atoms with Gasteiger partial charge in [-0.05, 0) is 32.4 Å². The molecule has 0 spiro atoms. The number of sulfonamides is 1. The summed E-state index contributed by atoms with van der Waals surface area (Å²) in [6.45, 7) is 4.79. The molecule has 0 radical (unpaired) electrons. The molecule has 0 saturated heterocycles. The number of aromatic amines is 1. The van der Waals surface area contributed by atoms with Gasteiger partial charge in [-0.1, -0.05) is 0 Å². The van der Waals surface area contributed by atoms with Gasteiger partial charge in [-0.15, -0.1) is 0 Å². The van der Waals surface area contributed by atoms with Crippen molar-refractivity contribution in [3.05, 3.63) is 45.3 Å². The molecule has 21 heavy (non-hydrogen) atoms. The third kappa shape index (κ3) is 2.87. The van der Waals surface area contributed by atoms with Crippen molar-refractivity contribution in [2.24, 2.45) is 0 Å². The van der Waals surface area contributed by atoms with E-state index in [2.05, 4.69) is 14.9 Å². The quantitative estimate of drug-likeness (QED) is 0.661. The summed E-state index contributed by atoms with van der Waals surface area (Å²) in [7, 11) is -3.80. The van der Waals surface area contributed by atoms with E-state index in [1.807, 2.05) is 0 Å². The second-order valence-corrected chi connectivity index (χ2v) is 6.24. The molecule has 0 aliphatic carbocycles. The number of nitrogens with zero attached hydrogens (tertiary/aromatic N) is 2. The van der Waals surface area contributed by atoms with Crippen LogP contribution in [-0.2, 0) is 10.0 Å². The zero-order valence-electron chi connectivity index (χ0n) is 11.7.